The lowest BCUT2D eigenvalue weighted by Crippen LogP contribution is -2.25. The summed E-state index contributed by atoms with van der Waals surface area (Å²) in [5.74, 6) is -0.307. The highest BCUT2D eigenvalue weighted by molar-refractivity contribution is 5.94. The van der Waals surface area contributed by atoms with Crippen molar-refractivity contribution in [3.8, 4) is 0 Å². The molecule has 1 N–H and O–H groups in total. The lowest BCUT2D eigenvalue weighted by atomic mass is 10.1. The molecular formula is C18H18N4O3. The van der Waals surface area contributed by atoms with Crippen LogP contribution >= 0.6 is 0 Å². The Morgan fingerprint density at radius 3 is 2.88 bits per heavy atom. The van der Waals surface area contributed by atoms with Crippen molar-refractivity contribution in [2.45, 2.75) is 19.9 Å². The van der Waals surface area contributed by atoms with Crippen LogP contribution in [0.2, 0.25) is 0 Å². The second-order valence-electron chi connectivity index (χ2n) is 5.79. The van der Waals surface area contributed by atoms with Gasteiger partial charge < -0.3 is 9.88 Å². The monoisotopic (exact) mass is 338 g/mol. The van der Waals surface area contributed by atoms with Crippen LogP contribution in [-0.4, -0.2) is 26.9 Å². The number of nitro groups is 1. The Bertz CT molecular complexity index is 933. The fraction of sp³-hybridized carbons (Fsp3) is 0.222. The molecule has 7 heteroatoms. The number of nitrogens with one attached hydrogen (secondary N) is 1. The molecule has 0 aliphatic rings. The van der Waals surface area contributed by atoms with Gasteiger partial charge in [-0.2, -0.15) is 0 Å². The van der Waals surface area contributed by atoms with Crippen LogP contribution in [0.5, 0.6) is 0 Å². The van der Waals surface area contributed by atoms with Crippen molar-refractivity contribution in [1.29, 1.82) is 0 Å². The van der Waals surface area contributed by atoms with E-state index in [2.05, 4.69) is 10.3 Å². The SMILES string of the molecule is Cc1ccc(C(=O)NCCCn2cnc3ccccc32)cc1[N+](=O)[O-]. The standard InChI is InChI=1S/C18H18N4O3/c1-13-7-8-14(11-17(13)22(24)25)18(23)19-9-4-10-21-12-20-15-5-2-3-6-16(15)21/h2-3,5-8,11-12H,4,9-10H2,1H3,(H,19,23). The predicted octanol–water partition coefficient (Wildman–Crippen LogP) is 3.07. The number of nitro benzene ring substituents is 1. The number of rotatable bonds is 6. The molecular weight excluding hydrogens is 320 g/mol. The van der Waals surface area contributed by atoms with E-state index in [0.29, 0.717) is 17.7 Å². The number of imidazole rings is 1. The van der Waals surface area contributed by atoms with E-state index in [4.69, 9.17) is 0 Å². The van der Waals surface area contributed by atoms with Gasteiger partial charge in [-0.1, -0.05) is 18.2 Å². The van der Waals surface area contributed by atoms with Crippen molar-refractivity contribution >= 4 is 22.6 Å². The highest BCUT2D eigenvalue weighted by Gasteiger charge is 2.14. The van der Waals surface area contributed by atoms with Crippen LogP contribution in [0, 0.1) is 17.0 Å². The first-order chi connectivity index (χ1) is 12.1. The maximum atomic E-state index is 12.2. The molecule has 1 aromatic heterocycles. The number of para-hydroxylation sites is 2. The van der Waals surface area contributed by atoms with Gasteiger partial charge in [-0.25, -0.2) is 4.98 Å². The number of hydrogen-bond donors (Lipinski definition) is 1. The van der Waals surface area contributed by atoms with Crippen LogP contribution in [0.15, 0.2) is 48.8 Å². The molecule has 25 heavy (non-hydrogen) atoms. The molecule has 3 rings (SSSR count). The Kier molecular flexibility index (Phi) is 4.74. The number of carbonyl (C=O) groups is 1. The van der Waals surface area contributed by atoms with E-state index in [9.17, 15) is 14.9 Å². The van der Waals surface area contributed by atoms with Gasteiger partial charge in [0.05, 0.1) is 22.3 Å². The van der Waals surface area contributed by atoms with E-state index in [1.807, 2.05) is 28.8 Å². The first kappa shape index (κ1) is 16.6. The molecule has 0 saturated carbocycles. The minimum atomic E-state index is -0.476. The summed E-state index contributed by atoms with van der Waals surface area (Å²) < 4.78 is 2.04. The maximum Gasteiger partial charge on any atom is 0.273 e. The van der Waals surface area contributed by atoms with Gasteiger partial charge in [0.25, 0.3) is 11.6 Å². The molecule has 0 saturated heterocycles. The van der Waals surface area contributed by atoms with Gasteiger partial charge in [0.2, 0.25) is 0 Å². The Morgan fingerprint density at radius 2 is 2.08 bits per heavy atom. The van der Waals surface area contributed by atoms with Crippen LogP contribution in [-0.2, 0) is 6.54 Å². The van der Waals surface area contributed by atoms with Crippen LogP contribution in [0.4, 0.5) is 5.69 Å². The molecule has 0 bridgehead atoms. The van der Waals surface area contributed by atoms with Gasteiger partial charge in [0.15, 0.2) is 0 Å². The lowest BCUT2D eigenvalue weighted by Gasteiger charge is -2.07. The molecule has 0 aliphatic heterocycles. The van der Waals surface area contributed by atoms with E-state index in [1.54, 1.807) is 25.4 Å². The minimum Gasteiger partial charge on any atom is -0.352 e. The molecule has 0 spiro atoms. The number of amides is 1. The molecule has 0 atom stereocenters. The molecule has 0 aliphatic carbocycles. The van der Waals surface area contributed by atoms with Crippen molar-refractivity contribution in [3.63, 3.8) is 0 Å². The minimum absolute atomic E-state index is 0.0439. The predicted molar refractivity (Wildman–Crippen MR) is 94.5 cm³/mol. The largest absolute Gasteiger partial charge is 0.352 e. The van der Waals surface area contributed by atoms with Gasteiger partial charge in [0, 0.05) is 30.3 Å². The smallest absolute Gasteiger partial charge is 0.273 e. The zero-order valence-corrected chi connectivity index (χ0v) is 13.8. The topological polar surface area (TPSA) is 90.1 Å². The Labute approximate surface area is 144 Å². The summed E-state index contributed by atoms with van der Waals surface area (Å²) >= 11 is 0. The lowest BCUT2D eigenvalue weighted by molar-refractivity contribution is -0.385. The molecule has 0 unspecified atom stereocenters. The molecule has 128 valence electrons. The zero-order chi connectivity index (χ0) is 17.8. The molecule has 0 fully saturated rings. The average molecular weight is 338 g/mol. The summed E-state index contributed by atoms with van der Waals surface area (Å²) in [5.41, 5.74) is 2.79. The number of fused-ring (bicyclic) bond motifs is 1. The van der Waals surface area contributed by atoms with Gasteiger partial charge in [-0.15, -0.1) is 0 Å². The van der Waals surface area contributed by atoms with Crippen molar-refractivity contribution in [3.05, 3.63) is 70.0 Å². The second-order valence-corrected chi connectivity index (χ2v) is 5.79. The highest BCUT2D eigenvalue weighted by Crippen LogP contribution is 2.19. The summed E-state index contributed by atoms with van der Waals surface area (Å²) in [6.45, 7) is 2.86. The number of benzene rings is 2. The molecule has 1 heterocycles. The second kappa shape index (κ2) is 7.12. The third-order valence-electron chi connectivity index (χ3n) is 4.06. The molecule has 0 radical (unpaired) electrons. The van der Waals surface area contributed by atoms with Crippen LogP contribution in [0.1, 0.15) is 22.3 Å². The summed E-state index contributed by atoms with van der Waals surface area (Å²) in [4.78, 5) is 27.0. The van der Waals surface area contributed by atoms with Gasteiger partial charge in [0.1, 0.15) is 0 Å². The Morgan fingerprint density at radius 1 is 1.28 bits per heavy atom. The van der Waals surface area contributed by atoms with Gasteiger partial charge >= 0.3 is 0 Å². The van der Waals surface area contributed by atoms with E-state index in [-0.39, 0.29) is 11.6 Å². The Hall–Kier alpha value is -3.22. The summed E-state index contributed by atoms with van der Waals surface area (Å²) in [6, 6.07) is 12.4. The highest BCUT2D eigenvalue weighted by atomic mass is 16.6. The normalized spacial score (nSPS) is 10.8. The van der Waals surface area contributed by atoms with E-state index < -0.39 is 4.92 Å². The van der Waals surface area contributed by atoms with Crippen LogP contribution in [0.3, 0.4) is 0 Å². The fourth-order valence-corrected chi connectivity index (χ4v) is 2.69. The van der Waals surface area contributed by atoms with Gasteiger partial charge in [-0.3, -0.25) is 14.9 Å². The average Bonchev–Trinajstić information content (AvgIpc) is 3.02. The van der Waals surface area contributed by atoms with E-state index >= 15 is 0 Å². The van der Waals surface area contributed by atoms with Crippen LogP contribution < -0.4 is 5.32 Å². The van der Waals surface area contributed by atoms with Crippen molar-refractivity contribution in [1.82, 2.24) is 14.9 Å². The first-order valence-electron chi connectivity index (χ1n) is 7.99. The zero-order valence-electron chi connectivity index (χ0n) is 13.8. The molecule has 3 aromatic rings. The number of hydrogen-bond acceptors (Lipinski definition) is 4. The third-order valence-corrected chi connectivity index (χ3v) is 4.06. The van der Waals surface area contributed by atoms with E-state index in [1.165, 1.54) is 6.07 Å². The number of nitrogens with zero attached hydrogens (tertiary/aromatic N) is 3. The number of aryl methyl sites for hydroxylation is 2. The first-order valence-corrected chi connectivity index (χ1v) is 7.99. The van der Waals surface area contributed by atoms with Gasteiger partial charge in [-0.05, 0) is 31.5 Å². The summed E-state index contributed by atoms with van der Waals surface area (Å²) in [6.07, 6.45) is 2.52. The molecule has 7 nitrogen and oxygen atoms in total. The Balaban J connectivity index is 1.56. The molecule has 2 aromatic carbocycles. The van der Waals surface area contributed by atoms with Crippen molar-refractivity contribution in [2.24, 2.45) is 0 Å². The van der Waals surface area contributed by atoms with Crippen molar-refractivity contribution < 1.29 is 9.72 Å². The third kappa shape index (κ3) is 3.65. The number of aromatic nitrogens is 2. The number of carbonyl (C=O) groups excluding carboxylic acids is 1. The quantitative estimate of drug-likeness (QED) is 0.425. The maximum absolute atomic E-state index is 12.2. The summed E-state index contributed by atoms with van der Waals surface area (Å²) in [7, 11) is 0. The van der Waals surface area contributed by atoms with E-state index in [0.717, 1.165) is 24.0 Å². The summed E-state index contributed by atoms with van der Waals surface area (Å²) in [5, 5.41) is 13.8. The fourth-order valence-electron chi connectivity index (χ4n) is 2.69. The van der Waals surface area contributed by atoms with Crippen molar-refractivity contribution in [2.75, 3.05) is 6.54 Å². The molecule has 1 amide bonds. The van der Waals surface area contributed by atoms with Crippen LogP contribution in [0.25, 0.3) is 11.0 Å².